The quantitative estimate of drug-likeness (QED) is 0.352. The minimum absolute atomic E-state index is 0.276. The third kappa shape index (κ3) is 6.01. The molecule has 0 aromatic heterocycles. The third-order valence-corrected chi connectivity index (χ3v) is 3.95. The monoisotopic (exact) mass is 314 g/mol. The molecule has 0 spiro atoms. The molecule has 0 unspecified atom stereocenters. The summed E-state index contributed by atoms with van der Waals surface area (Å²) in [6, 6.07) is 0. The minimum atomic E-state index is -0.291. The van der Waals surface area contributed by atoms with E-state index in [1.165, 1.54) is 0 Å². The Morgan fingerprint density at radius 3 is 2.05 bits per heavy atom. The van der Waals surface area contributed by atoms with Crippen LogP contribution in [0.3, 0.4) is 0 Å². The van der Waals surface area contributed by atoms with E-state index >= 15 is 0 Å². The summed E-state index contributed by atoms with van der Waals surface area (Å²) in [7, 11) is -0.287. The van der Waals surface area contributed by atoms with Crippen molar-refractivity contribution in [1.82, 2.24) is 0 Å². The Balaban J connectivity index is 2.20. The molecule has 0 saturated carbocycles. The van der Waals surface area contributed by atoms with Crippen molar-refractivity contribution >= 4 is 7.12 Å². The zero-order valence-electron chi connectivity index (χ0n) is 14.9. The number of hydrogen-bond donors (Lipinski definition) is 0. The van der Waals surface area contributed by atoms with E-state index in [9.17, 15) is 0 Å². The molecule has 0 atom stereocenters. The Hall–Kier alpha value is -0.395. The normalized spacial score (nSPS) is 20.4. The summed E-state index contributed by atoms with van der Waals surface area (Å²) in [6.45, 7) is 14.4. The predicted octanol–water partition coefficient (Wildman–Crippen LogP) is 2.98. The Labute approximate surface area is 135 Å². The molecule has 5 nitrogen and oxygen atoms in total. The first-order valence-corrected chi connectivity index (χ1v) is 8.15. The second kappa shape index (κ2) is 9.04. The largest absolute Gasteiger partial charge is 0.486 e. The lowest BCUT2D eigenvalue weighted by molar-refractivity contribution is -0.166. The van der Waals surface area contributed by atoms with Gasteiger partial charge in [-0.3, -0.25) is 0 Å². The third-order valence-electron chi connectivity index (χ3n) is 3.95. The zero-order chi connectivity index (χ0) is 16.6. The van der Waals surface area contributed by atoms with Crippen LogP contribution in [-0.2, 0) is 23.5 Å². The van der Waals surface area contributed by atoms with E-state index in [0.29, 0.717) is 26.4 Å². The van der Waals surface area contributed by atoms with Crippen molar-refractivity contribution in [2.75, 3.05) is 26.4 Å². The molecule has 0 N–H and O–H groups in total. The van der Waals surface area contributed by atoms with E-state index in [2.05, 4.69) is 0 Å². The SMILES string of the molecule is CCOC(COCC/C=C/B1OC(C)(C)C(C)(C)O1)OCC. The molecule has 0 aliphatic carbocycles. The van der Waals surface area contributed by atoms with Crippen molar-refractivity contribution in [3.63, 3.8) is 0 Å². The molecule has 1 fully saturated rings. The predicted molar refractivity (Wildman–Crippen MR) is 87.7 cm³/mol. The number of rotatable bonds is 10. The molecule has 1 saturated heterocycles. The molecule has 0 amide bonds. The van der Waals surface area contributed by atoms with Gasteiger partial charge in [0.15, 0.2) is 6.29 Å². The average Bonchev–Trinajstić information content (AvgIpc) is 2.62. The number of hydrogen-bond acceptors (Lipinski definition) is 5. The van der Waals surface area contributed by atoms with E-state index in [1.54, 1.807) is 0 Å². The van der Waals surface area contributed by atoms with E-state index in [0.717, 1.165) is 6.42 Å². The fourth-order valence-corrected chi connectivity index (χ4v) is 2.02. The number of ether oxygens (including phenoxy) is 3. The zero-order valence-corrected chi connectivity index (χ0v) is 14.9. The van der Waals surface area contributed by atoms with Gasteiger partial charge in [-0.25, -0.2) is 0 Å². The van der Waals surface area contributed by atoms with Gasteiger partial charge in [0.05, 0.1) is 24.4 Å². The maximum Gasteiger partial charge on any atom is 0.486 e. The van der Waals surface area contributed by atoms with Crippen LogP contribution in [0.1, 0.15) is 48.0 Å². The van der Waals surface area contributed by atoms with Gasteiger partial charge in [-0.1, -0.05) is 12.1 Å². The summed E-state index contributed by atoms with van der Waals surface area (Å²) >= 11 is 0. The van der Waals surface area contributed by atoms with Crippen molar-refractivity contribution in [2.24, 2.45) is 0 Å². The highest BCUT2D eigenvalue weighted by Gasteiger charge is 2.49. The Kier molecular flexibility index (Phi) is 8.07. The molecular formula is C16H31BO5. The Morgan fingerprint density at radius 2 is 1.55 bits per heavy atom. The topological polar surface area (TPSA) is 46.2 Å². The lowest BCUT2D eigenvalue weighted by atomic mass is 9.90. The molecule has 1 heterocycles. The molecule has 128 valence electrons. The molecule has 0 aromatic rings. The highest BCUT2D eigenvalue weighted by atomic mass is 16.7. The van der Waals surface area contributed by atoms with Crippen molar-refractivity contribution in [1.29, 1.82) is 0 Å². The van der Waals surface area contributed by atoms with Crippen molar-refractivity contribution in [2.45, 2.75) is 65.5 Å². The van der Waals surface area contributed by atoms with Gasteiger partial charge >= 0.3 is 7.12 Å². The first-order chi connectivity index (χ1) is 10.3. The standard InChI is InChI=1S/C16H31BO5/c1-7-19-14(20-8-2)13-18-12-10-9-11-17-21-15(3,4)16(5,6)22-17/h9,11,14H,7-8,10,12-13H2,1-6H3/b11-9+. The second-order valence-electron chi connectivity index (χ2n) is 6.26. The molecule has 0 aromatic carbocycles. The van der Waals surface area contributed by atoms with Crippen molar-refractivity contribution in [3.05, 3.63) is 12.1 Å². The molecule has 1 aliphatic heterocycles. The van der Waals surface area contributed by atoms with Gasteiger partial charge in [-0.15, -0.1) is 0 Å². The van der Waals surface area contributed by atoms with Crippen LogP contribution >= 0.6 is 0 Å². The first kappa shape index (κ1) is 19.7. The van der Waals surface area contributed by atoms with Crippen LogP contribution in [0.15, 0.2) is 12.1 Å². The minimum Gasteiger partial charge on any atom is -0.400 e. The highest BCUT2D eigenvalue weighted by molar-refractivity contribution is 6.51. The smallest absolute Gasteiger partial charge is 0.400 e. The van der Waals surface area contributed by atoms with Gasteiger partial charge in [0.2, 0.25) is 0 Å². The summed E-state index contributed by atoms with van der Waals surface area (Å²) in [6.07, 6.45) is 2.55. The van der Waals surface area contributed by atoms with Crippen LogP contribution in [0, 0.1) is 0 Å². The van der Waals surface area contributed by atoms with Crippen LogP contribution in [0.5, 0.6) is 0 Å². The summed E-state index contributed by atoms with van der Waals surface area (Å²) in [4.78, 5) is 0. The summed E-state index contributed by atoms with van der Waals surface area (Å²) in [5.74, 6) is 1.95. The van der Waals surface area contributed by atoms with E-state index in [1.807, 2.05) is 53.6 Å². The molecule has 6 heteroatoms. The highest BCUT2D eigenvalue weighted by Crippen LogP contribution is 2.36. The van der Waals surface area contributed by atoms with Gasteiger partial charge in [0, 0.05) is 13.2 Å². The van der Waals surface area contributed by atoms with Gasteiger partial charge in [0.25, 0.3) is 0 Å². The van der Waals surface area contributed by atoms with Crippen molar-refractivity contribution < 1.29 is 23.5 Å². The maximum absolute atomic E-state index is 5.88. The Morgan fingerprint density at radius 1 is 1.00 bits per heavy atom. The molecule has 1 aliphatic rings. The van der Waals surface area contributed by atoms with Crippen LogP contribution in [0.2, 0.25) is 0 Å². The lowest BCUT2D eigenvalue weighted by Gasteiger charge is -2.32. The summed E-state index contributed by atoms with van der Waals surface area (Å²) < 4.78 is 28.2. The van der Waals surface area contributed by atoms with Gasteiger partial charge in [-0.2, -0.15) is 0 Å². The van der Waals surface area contributed by atoms with Gasteiger partial charge in [0.1, 0.15) is 0 Å². The van der Waals surface area contributed by atoms with Crippen LogP contribution < -0.4 is 0 Å². The van der Waals surface area contributed by atoms with Crippen molar-refractivity contribution in [3.8, 4) is 0 Å². The first-order valence-electron chi connectivity index (χ1n) is 8.15. The van der Waals surface area contributed by atoms with Gasteiger partial charge < -0.3 is 23.5 Å². The van der Waals surface area contributed by atoms with Gasteiger partial charge in [-0.05, 0) is 48.0 Å². The maximum atomic E-state index is 5.88. The molecule has 1 rings (SSSR count). The van der Waals surface area contributed by atoms with Crippen LogP contribution in [0.25, 0.3) is 0 Å². The molecule has 0 radical (unpaired) electrons. The fourth-order valence-electron chi connectivity index (χ4n) is 2.02. The molecular weight excluding hydrogens is 283 g/mol. The summed E-state index contributed by atoms with van der Waals surface area (Å²) in [5, 5.41) is 0. The average molecular weight is 314 g/mol. The summed E-state index contributed by atoms with van der Waals surface area (Å²) in [5.41, 5.74) is -0.582. The van der Waals surface area contributed by atoms with E-state index < -0.39 is 0 Å². The molecule has 22 heavy (non-hydrogen) atoms. The van der Waals surface area contributed by atoms with E-state index in [-0.39, 0.29) is 24.6 Å². The second-order valence-corrected chi connectivity index (χ2v) is 6.26. The molecule has 0 bridgehead atoms. The lowest BCUT2D eigenvalue weighted by Crippen LogP contribution is -2.41. The fraction of sp³-hybridized carbons (Fsp3) is 0.875. The van der Waals surface area contributed by atoms with Crippen LogP contribution in [0.4, 0.5) is 0 Å². The van der Waals surface area contributed by atoms with E-state index in [4.69, 9.17) is 23.5 Å². The van der Waals surface area contributed by atoms with Crippen LogP contribution in [-0.4, -0.2) is 51.0 Å². The Bertz CT molecular complexity index is 321.